The highest BCUT2D eigenvalue weighted by atomic mass is 16.5. The van der Waals surface area contributed by atoms with Crippen LogP contribution in [0.25, 0.3) is 11.1 Å². The van der Waals surface area contributed by atoms with Crippen molar-refractivity contribution in [2.75, 3.05) is 6.61 Å². The molecule has 21 heavy (non-hydrogen) atoms. The Labute approximate surface area is 124 Å². The van der Waals surface area contributed by atoms with Crippen LogP contribution in [0.4, 0.5) is 0 Å². The highest BCUT2D eigenvalue weighted by Gasteiger charge is 2.03. The molecule has 108 valence electrons. The van der Waals surface area contributed by atoms with E-state index in [0.29, 0.717) is 12.0 Å². The van der Waals surface area contributed by atoms with E-state index >= 15 is 0 Å². The summed E-state index contributed by atoms with van der Waals surface area (Å²) in [7, 11) is 0. The van der Waals surface area contributed by atoms with Crippen molar-refractivity contribution in [3.8, 4) is 16.9 Å². The fraction of sp³-hybridized carbons (Fsp3) is 0.167. The average molecular weight is 282 g/mol. The smallest absolute Gasteiger partial charge is 0.331 e. The number of carboxylic acid groups (broad SMARTS) is 1. The summed E-state index contributed by atoms with van der Waals surface area (Å²) >= 11 is 0. The molecule has 3 nitrogen and oxygen atoms in total. The predicted octanol–water partition coefficient (Wildman–Crippen LogP) is 4.15. The Bertz CT molecular complexity index is 613. The molecular weight excluding hydrogens is 264 g/mol. The maximum atomic E-state index is 10.9. The number of rotatable bonds is 6. The monoisotopic (exact) mass is 282 g/mol. The zero-order valence-electron chi connectivity index (χ0n) is 12.0. The molecule has 0 aliphatic heterocycles. The molecular formula is C18H18O3. The fourth-order valence-electron chi connectivity index (χ4n) is 2.00. The van der Waals surface area contributed by atoms with E-state index < -0.39 is 5.97 Å². The summed E-state index contributed by atoms with van der Waals surface area (Å²) in [6.45, 7) is 2.08. The summed E-state index contributed by atoms with van der Waals surface area (Å²) in [5, 5.41) is 8.91. The van der Waals surface area contributed by atoms with Crippen molar-refractivity contribution in [2.24, 2.45) is 0 Å². The number of hydrogen-bond donors (Lipinski definition) is 1. The normalized spacial score (nSPS) is 11.2. The lowest BCUT2D eigenvalue weighted by Gasteiger charge is -2.06. The van der Waals surface area contributed by atoms with Gasteiger partial charge in [-0.05, 0) is 35.8 Å². The van der Waals surface area contributed by atoms with Crippen molar-refractivity contribution >= 4 is 5.97 Å². The Kier molecular flexibility index (Phi) is 5.16. The molecule has 0 aliphatic carbocycles. The van der Waals surface area contributed by atoms with E-state index in [9.17, 15) is 4.79 Å². The van der Waals surface area contributed by atoms with Crippen molar-refractivity contribution in [3.63, 3.8) is 0 Å². The van der Waals surface area contributed by atoms with Crippen LogP contribution in [-0.2, 0) is 4.79 Å². The van der Waals surface area contributed by atoms with Crippen LogP contribution < -0.4 is 4.74 Å². The van der Waals surface area contributed by atoms with Crippen LogP contribution in [-0.4, -0.2) is 17.7 Å². The second-order valence-corrected chi connectivity index (χ2v) is 4.59. The van der Waals surface area contributed by atoms with Gasteiger partial charge < -0.3 is 9.84 Å². The van der Waals surface area contributed by atoms with Gasteiger partial charge in [0.1, 0.15) is 12.4 Å². The van der Waals surface area contributed by atoms with Crippen molar-refractivity contribution < 1.29 is 14.6 Å². The summed E-state index contributed by atoms with van der Waals surface area (Å²) in [5.41, 5.74) is 2.65. The molecule has 3 heteroatoms. The van der Waals surface area contributed by atoms with Crippen molar-refractivity contribution in [2.45, 2.75) is 13.3 Å². The maximum Gasteiger partial charge on any atom is 0.331 e. The number of carbonyl (C=O) groups is 1. The Morgan fingerprint density at radius 3 is 2.24 bits per heavy atom. The first kappa shape index (κ1) is 14.9. The van der Waals surface area contributed by atoms with Crippen LogP contribution in [0.1, 0.15) is 13.3 Å². The van der Waals surface area contributed by atoms with E-state index in [1.807, 2.05) is 49.4 Å². The average Bonchev–Trinajstić information content (AvgIpc) is 2.53. The number of carboxylic acids is 1. The number of ether oxygens (including phenoxy) is 1. The zero-order chi connectivity index (χ0) is 15.1. The van der Waals surface area contributed by atoms with Crippen LogP contribution in [0.5, 0.6) is 5.75 Å². The molecule has 0 spiro atoms. The Morgan fingerprint density at radius 1 is 1.05 bits per heavy atom. The van der Waals surface area contributed by atoms with Gasteiger partial charge in [0.2, 0.25) is 0 Å². The summed E-state index contributed by atoms with van der Waals surface area (Å²) in [6, 6.07) is 17.9. The first-order valence-electron chi connectivity index (χ1n) is 6.91. The molecule has 0 saturated heterocycles. The molecule has 0 saturated carbocycles. The molecule has 0 radical (unpaired) electrons. The van der Waals surface area contributed by atoms with Gasteiger partial charge in [0.15, 0.2) is 0 Å². The Morgan fingerprint density at radius 2 is 1.67 bits per heavy atom. The molecule has 0 aromatic heterocycles. The van der Waals surface area contributed by atoms with Crippen LogP contribution in [0, 0.1) is 0 Å². The fourth-order valence-corrected chi connectivity index (χ4v) is 2.00. The highest BCUT2D eigenvalue weighted by Crippen LogP contribution is 2.22. The second kappa shape index (κ2) is 7.29. The topological polar surface area (TPSA) is 46.5 Å². The molecule has 1 N–H and O–H groups in total. The molecule has 0 amide bonds. The maximum absolute atomic E-state index is 10.9. The van der Waals surface area contributed by atoms with Crippen molar-refractivity contribution in [1.82, 2.24) is 0 Å². The minimum Gasteiger partial charge on any atom is -0.490 e. The predicted molar refractivity (Wildman–Crippen MR) is 83.4 cm³/mol. The third-order valence-electron chi connectivity index (χ3n) is 3.20. The molecule has 2 aromatic carbocycles. The van der Waals surface area contributed by atoms with E-state index in [1.165, 1.54) is 0 Å². The van der Waals surface area contributed by atoms with Gasteiger partial charge in [0.05, 0.1) is 0 Å². The number of aliphatic carboxylic acids is 1. The molecule has 0 unspecified atom stereocenters. The minimum absolute atomic E-state index is 0.264. The van der Waals surface area contributed by atoms with Gasteiger partial charge in [-0.3, -0.25) is 0 Å². The number of benzene rings is 2. The first-order valence-corrected chi connectivity index (χ1v) is 6.91. The first-order chi connectivity index (χ1) is 10.2. The lowest BCUT2D eigenvalue weighted by Crippen LogP contribution is -2.02. The SMILES string of the molecule is CCC(=CCOc1ccc(-c2ccccc2)cc1)C(=O)O. The van der Waals surface area contributed by atoms with Gasteiger partial charge in [0.25, 0.3) is 0 Å². The standard InChI is InChI=1S/C18H18O3/c1-2-14(18(19)20)12-13-21-17-10-8-16(9-11-17)15-6-4-3-5-7-15/h3-12H,2,13H2,1H3,(H,19,20). The van der Waals surface area contributed by atoms with Crippen LogP contribution in [0.2, 0.25) is 0 Å². The van der Waals surface area contributed by atoms with Crippen molar-refractivity contribution in [1.29, 1.82) is 0 Å². The lowest BCUT2D eigenvalue weighted by molar-refractivity contribution is -0.132. The summed E-state index contributed by atoms with van der Waals surface area (Å²) < 4.78 is 5.54. The van der Waals surface area contributed by atoms with Gasteiger partial charge in [-0.25, -0.2) is 4.79 Å². The van der Waals surface area contributed by atoms with E-state index in [1.54, 1.807) is 6.08 Å². The quantitative estimate of drug-likeness (QED) is 0.809. The Balaban J connectivity index is 1.99. The largest absolute Gasteiger partial charge is 0.490 e. The summed E-state index contributed by atoms with van der Waals surface area (Å²) in [4.78, 5) is 10.9. The lowest BCUT2D eigenvalue weighted by atomic mass is 10.1. The van der Waals surface area contributed by atoms with Crippen molar-refractivity contribution in [3.05, 3.63) is 66.2 Å². The van der Waals surface area contributed by atoms with Crippen LogP contribution in [0.15, 0.2) is 66.2 Å². The highest BCUT2D eigenvalue weighted by molar-refractivity contribution is 5.86. The summed E-state index contributed by atoms with van der Waals surface area (Å²) in [6.07, 6.45) is 2.10. The van der Waals surface area contributed by atoms with E-state index in [4.69, 9.17) is 9.84 Å². The third-order valence-corrected chi connectivity index (χ3v) is 3.20. The van der Waals surface area contributed by atoms with Gasteiger partial charge in [0, 0.05) is 5.57 Å². The molecule has 0 atom stereocenters. The van der Waals surface area contributed by atoms with Gasteiger partial charge in [-0.1, -0.05) is 49.4 Å². The van der Waals surface area contributed by atoms with Crippen LogP contribution in [0.3, 0.4) is 0 Å². The molecule has 0 aliphatic rings. The zero-order valence-corrected chi connectivity index (χ0v) is 12.0. The van der Waals surface area contributed by atoms with E-state index in [-0.39, 0.29) is 6.61 Å². The van der Waals surface area contributed by atoms with Gasteiger partial charge in [-0.15, -0.1) is 0 Å². The molecule has 2 rings (SSSR count). The summed E-state index contributed by atoms with van der Waals surface area (Å²) in [5.74, 6) is -0.160. The second-order valence-electron chi connectivity index (χ2n) is 4.59. The molecule has 0 heterocycles. The minimum atomic E-state index is -0.888. The molecule has 2 aromatic rings. The Hall–Kier alpha value is -2.55. The van der Waals surface area contributed by atoms with E-state index in [2.05, 4.69) is 12.1 Å². The van der Waals surface area contributed by atoms with E-state index in [0.717, 1.165) is 16.9 Å². The van der Waals surface area contributed by atoms with Gasteiger partial charge >= 0.3 is 5.97 Å². The molecule has 0 fully saturated rings. The number of hydrogen-bond acceptors (Lipinski definition) is 2. The molecule has 0 bridgehead atoms. The van der Waals surface area contributed by atoms with Gasteiger partial charge in [-0.2, -0.15) is 0 Å². The third kappa shape index (κ3) is 4.21. The van der Waals surface area contributed by atoms with Crippen LogP contribution >= 0.6 is 0 Å².